The van der Waals surface area contributed by atoms with Crippen LogP contribution in [0.15, 0.2) is 36.4 Å². The Morgan fingerprint density at radius 2 is 2.24 bits per heavy atom. The first-order valence-corrected chi connectivity index (χ1v) is 5.92. The molecule has 1 aliphatic rings. The standard InChI is InChI=1S/C14H16FNO/c15-13-8-4-3-7-12(13)10-16-14(17)9-11-5-1-2-6-11/h1,3-5,7-8,11H,2,6,9-10H2,(H,16,17)/t11-/m0/s1. The van der Waals surface area contributed by atoms with E-state index in [1.165, 1.54) is 6.07 Å². The molecule has 0 unspecified atom stereocenters. The number of rotatable bonds is 4. The molecule has 1 amide bonds. The first-order chi connectivity index (χ1) is 8.25. The third-order valence-corrected chi connectivity index (χ3v) is 2.99. The summed E-state index contributed by atoms with van der Waals surface area (Å²) in [5, 5.41) is 2.75. The van der Waals surface area contributed by atoms with Crippen molar-refractivity contribution in [3.8, 4) is 0 Å². The van der Waals surface area contributed by atoms with Crippen LogP contribution >= 0.6 is 0 Å². The summed E-state index contributed by atoms with van der Waals surface area (Å²) in [7, 11) is 0. The molecule has 1 aliphatic carbocycles. The predicted molar refractivity (Wildman–Crippen MR) is 64.7 cm³/mol. The molecular weight excluding hydrogens is 217 g/mol. The topological polar surface area (TPSA) is 29.1 Å². The minimum Gasteiger partial charge on any atom is -0.352 e. The third-order valence-electron chi connectivity index (χ3n) is 2.99. The van der Waals surface area contributed by atoms with E-state index in [9.17, 15) is 9.18 Å². The maximum atomic E-state index is 13.3. The van der Waals surface area contributed by atoms with E-state index >= 15 is 0 Å². The van der Waals surface area contributed by atoms with E-state index in [1.807, 2.05) is 0 Å². The van der Waals surface area contributed by atoms with Gasteiger partial charge in [-0.15, -0.1) is 0 Å². The second-order valence-electron chi connectivity index (χ2n) is 4.34. The molecule has 0 saturated heterocycles. The fourth-order valence-corrected chi connectivity index (χ4v) is 2.01. The quantitative estimate of drug-likeness (QED) is 0.796. The summed E-state index contributed by atoms with van der Waals surface area (Å²) in [5.41, 5.74) is 0.530. The fourth-order valence-electron chi connectivity index (χ4n) is 2.01. The van der Waals surface area contributed by atoms with Crippen molar-refractivity contribution >= 4 is 5.91 Å². The number of carbonyl (C=O) groups is 1. The van der Waals surface area contributed by atoms with E-state index in [-0.39, 0.29) is 18.3 Å². The number of hydrogen-bond donors (Lipinski definition) is 1. The van der Waals surface area contributed by atoms with Crippen molar-refractivity contribution in [2.24, 2.45) is 5.92 Å². The molecule has 90 valence electrons. The highest BCUT2D eigenvalue weighted by Gasteiger charge is 2.13. The minimum absolute atomic E-state index is 0.00944. The van der Waals surface area contributed by atoms with Crippen molar-refractivity contribution in [3.05, 3.63) is 47.8 Å². The molecule has 17 heavy (non-hydrogen) atoms. The summed E-state index contributed by atoms with van der Waals surface area (Å²) in [6.45, 7) is 0.266. The van der Waals surface area contributed by atoms with Crippen LogP contribution in [0.3, 0.4) is 0 Å². The maximum Gasteiger partial charge on any atom is 0.220 e. The summed E-state index contributed by atoms with van der Waals surface area (Å²) >= 11 is 0. The van der Waals surface area contributed by atoms with Gasteiger partial charge < -0.3 is 5.32 Å². The lowest BCUT2D eigenvalue weighted by Gasteiger charge is -2.09. The minimum atomic E-state index is -0.270. The summed E-state index contributed by atoms with van der Waals surface area (Å²) < 4.78 is 13.3. The van der Waals surface area contributed by atoms with Gasteiger partial charge in [-0.3, -0.25) is 4.79 Å². The second-order valence-corrected chi connectivity index (χ2v) is 4.34. The highest BCUT2D eigenvalue weighted by molar-refractivity contribution is 5.76. The molecule has 0 fully saturated rings. The van der Waals surface area contributed by atoms with Crippen LogP contribution in [0.25, 0.3) is 0 Å². The first-order valence-electron chi connectivity index (χ1n) is 5.92. The van der Waals surface area contributed by atoms with Crippen LogP contribution in [0, 0.1) is 11.7 Å². The summed E-state index contributed by atoms with van der Waals surface area (Å²) in [4.78, 5) is 11.6. The highest BCUT2D eigenvalue weighted by atomic mass is 19.1. The van der Waals surface area contributed by atoms with E-state index in [4.69, 9.17) is 0 Å². The van der Waals surface area contributed by atoms with Gasteiger partial charge in [0.2, 0.25) is 5.91 Å². The molecular formula is C14H16FNO. The van der Waals surface area contributed by atoms with Crippen molar-refractivity contribution in [1.82, 2.24) is 5.32 Å². The second kappa shape index (κ2) is 5.62. The monoisotopic (exact) mass is 233 g/mol. The van der Waals surface area contributed by atoms with E-state index in [1.54, 1.807) is 18.2 Å². The Kier molecular flexibility index (Phi) is 3.91. The van der Waals surface area contributed by atoms with Crippen LogP contribution in [-0.2, 0) is 11.3 Å². The molecule has 0 heterocycles. The van der Waals surface area contributed by atoms with Gasteiger partial charge in [0.25, 0.3) is 0 Å². The molecule has 3 heteroatoms. The van der Waals surface area contributed by atoms with Crippen LogP contribution in [0.4, 0.5) is 4.39 Å². The van der Waals surface area contributed by atoms with Gasteiger partial charge in [0.1, 0.15) is 5.82 Å². The van der Waals surface area contributed by atoms with Gasteiger partial charge in [0.15, 0.2) is 0 Å². The number of amides is 1. The van der Waals surface area contributed by atoms with E-state index in [2.05, 4.69) is 17.5 Å². The van der Waals surface area contributed by atoms with Gasteiger partial charge in [-0.2, -0.15) is 0 Å². The lowest BCUT2D eigenvalue weighted by molar-refractivity contribution is -0.121. The summed E-state index contributed by atoms with van der Waals surface area (Å²) in [6, 6.07) is 6.50. The van der Waals surface area contributed by atoms with E-state index in [0.29, 0.717) is 17.9 Å². The van der Waals surface area contributed by atoms with E-state index in [0.717, 1.165) is 12.8 Å². The van der Waals surface area contributed by atoms with Gasteiger partial charge in [0, 0.05) is 18.5 Å². The van der Waals surface area contributed by atoms with Gasteiger partial charge in [0.05, 0.1) is 0 Å². The van der Waals surface area contributed by atoms with Crippen molar-refractivity contribution < 1.29 is 9.18 Å². The van der Waals surface area contributed by atoms with E-state index < -0.39 is 0 Å². The highest BCUT2D eigenvalue weighted by Crippen LogP contribution is 2.20. The molecule has 0 saturated carbocycles. The number of halogens is 1. The molecule has 0 bridgehead atoms. The Balaban J connectivity index is 1.80. The first kappa shape index (κ1) is 11.8. The average molecular weight is 233 g/mol. The van der Waals surface area contributed by atoms with Crippen molar-refractivity contribution in [2.75, 3.05) is 0 Å². The zero-order valence-corrected chi connectivity index (χ0v) is 9.66. The number of hydrogen-bond acceptors (Lipinski definition) is 1. The molecule has 1 aromatic rings. The molecule has 1 aromatic carbocycles. The number of benzene rings is 1. The Hall–Kier alpha value is -1.64. The van der Waals surface area contributed by atoms with Crippen LogP contribution in [-0.4, -0.2) is 5.91 Å². The summed E-state index contributed by atoms with van der Waals surface area (Å²) in [5.74, 6) is 0.0778. The largest absolute Gasteiger partial charge is 0.352 e. The Labute approximate surface area is 101 Å². The van der Waals surface area contributed by atoms with Gasteiger partial charge in [-0.05, 0) is 24.8 Å². The zero-order chi connectivity index (χ0) is 12.1. The van der Waals surface area contributed by atoms with Gasteiger partial charge >= 0.3 is 0 Å². The Morgan fingerprint density at radius 1 is 1.41 bits per heavy atom. The Morgan fingerprint density at radius 3 is 2.94 bits per heavy atom. The number of nitrogens with one attached hydrogen (secondary N) is 1. The van der Waals surface area contributed by atoms with Crippen molar-refractivity contribution in [3.63, 3.8) is 0 Å². The van der Waals surface area contributed by atoms with Crippen LogP contribution in [0.1, 0.15) is 24.8 Å². The van der Waals surface area contributed by atoms with Crippen LogP contribution in [0.5, 0.6) is 0 Å². The zero-order valence-electron chi connectivity index (χ0n) is 9.66. The molecule has 0 aliphatic heterocycles. The number of carbonyl (C=O) groups excluding carboxylic acids is 1. The van der Waals surface area contributed by atoms with Crippen LogP contribution < -0.4 is 5.32 Å². The van der Waals surface area contributed by atoms with Crippen LogP contribution in [0.2, 0.25) is 0 Å². The van der Waals surface area contributed by atoms with Crippen molar-refractivity contribution in [1.29, 1.82) is 0 Å². The predicted octanol–water partition coefficient (Wildman–Crippen LogP) is 2.80. The summed E-state index contributed by atoms with van der Waals surface area (Å²) in [6.07, 6.45) is 6.81. The molecule has 1 atom stereocenters. The smallest absolute Gasteiger partial charge is 0.220 e. The van der Waals surface area contributed by atoms with Gasteiger partial charge in [-0.25, -0.2) is 4.39 Å². The maximum absolute atomic E-state index is 13.3. The molecule has 0 aromatic heterocycles. The lowest BCUT2D eigenvalue weighted by Crippen LogP contribution is -2.24. The molecule has 2 rings (SSSR count). The SMILES string of the molecule is O=C(C[C@H]1C=CCC1)NCc1ccccc1F. The molecule has 2 nitrogen and oxygen atoms in total. The number of allylic oxidation sites excluding steroid dienone is 2. The molecule has 0 radical (unpaired) electrons. The average Bonchev–Trinajstić information content (AvgIpc) is 2.81. The third kappa shape index (κ3) is 3.41. The van der Waals surface area contributed by atoms with Crippen molar-refractivity contribution in [2.45, 2.75) is 25.8 Å². The fraction of sp³-hybridized carbons (Fsp3) is 0.357. The molecule has 0 spiro atoms. The normalized spacial score (nSPS) is 18.3. The lowest BCUT2D eigenvalue weighted by atomic mass is 10.1. The Bertz CT molecular complexity index is 428. The van der Waals surface area contributed by atoms with Gasteiger partial charge in [-0.1, -0.05) is 30.4 Å². The molecule has 1 N–H and O–H groups in total.